The molecule has 1 atom stereocenters. The average Bonchev–Trinajstić information content (AvgIpc) is 3.02. The fraction of sp³-hybridized carbons (Fsp3) is 0.500. The molecule has 0 bridgehead atoms. The Balaban J connectivity index is 1.57. The highest BCUT2D eigenvalue weighted by Gasteiger charge is 2.15. The van der Waals surface area contributed by atoms with Crippen LogP contribution in [-0.2, 0) is 11.3 Å². The zero-order chi connectivity index (χ0) is 13.1. The van der Waals surface area contributed by atoms with E-state index >= 15 is 0 Å². The normalized spacial score (nSPS) is 19.3. The van der Waals surface area contributed by atoms with E-state index in [1.54, 1.807) is 0 Å². The van der Waals surface area contributed by atoms with Crippen LogP contribution in [0.5, 0.6) is 0 Å². The molecule has 1 fully saturated rings. The zero-order valence-corrected chi connectivity index (χ0v) is 11.4. The predicted octanol–water partition coefficient (Wildman–Crippen LogP) is 3.26. The number of nitrogens with one attached hydrogen (secondary N) is 1. The molecule has 0 spiro atoms. The summed E-state index contributed by atoms with van der Waals surface area (Å²) in [5.74, 6) is 1.77. The molecule has 19 heavy (non-hydrogen) atoms. The Labute approximate surface area is 113 Å². The summed E-state index contributed by atoms with van der Waals surface area (Å²) in [6.45, 7) is 5.86. The minimum Gasteiger partial charge on any atom is -0.461 e. The van der Waals surface area contributed by atoms with Crippen LogP contribution in [0.4, 0.5) is 0 Å². The molecule has 1 aliphatic heterocycles. The van der Waals surface area contributed by atoms with E-state index in [2.05, 4.69) is 17.4 Å². The summed E-state index contributed by atoms with van der Waals surface area (Å²) in [7, 11) is 0. The number of hydrogen-bond acceptors (Lipinski definition) is 3. The molecule has 2 heterocycles. The van der Waals surface area contributed by atoms with Gasteiger partial charge in [-0.3, -0.25) is 0 Å². The Morgan fingerprint density at radius 2 is 2.21 bits per heavy atom. The van der Waals surface area contributed by atoms with E-state index in [4.69, 9.17) is 9.15 Å². The lowest BCUT2D eigenvalue weighted by Crippen LogP contribution is -2.18. The number of furan rings is 1. The molecule has 0 saturated carbocycles. The van der Waals surface area contributed by atoms with E-state index in [0.717, 1.165) is 43.6 Å². The van der Waals surface area contributed by atoms with Gasteiger partial charge in [0.25, 0.3) is 0 Å². The highest BCUT2D eigenvalue weighted by atomic mass is 16.5. The van der Waals surface area contributed by atoms with Crippen LogP contribution in [-0.4, -0.2) is 19.8 Å². The predicted molar refractivity (Wildman–Crippen MR) is 76.2 cm³/mol. The topological polar surface area (TPSA) is 34.4 Å². The first-order chi connectivity index (χ1) is 9.34. The van der Waals surface area contributed by atoms with E-state index in [1.807, 2.05) is 19.1 Å². The molecule has 3 rings (SSSR count). The first kappa shape index (κ1) is 12.7. The minimum absolute atomic E-state index is 0.745. The Bertz CT molecular complexity index is 541. The number of fused-ring (bicyclic) bond motifs is 1. The van der Waals surface area contributed by atoms with Gasteiger partial charge in [0, 0.05) is 30.7 Å². The molecule has 1 aromatic heterocycles. The van der Waals surface area contributed by atoms with E-state index in [-0.39, 0.29) is 0 Å². The van der Waals surface area contributed by atoms with Gasteiger partial charge >= 0.3 is 0 Å². The maximum Gasteiger partial charge on any atom is 0.134 e. The number of hydrogen-bond donors (Lipinski definition) is 1. The fourth-order valence-electron chi connectivity index (χ4n) is 2.77. The zero-order valence-electron chi connectivity index (χ0n) is 11.4. The van der Waals surface area contributed by atoms with Gasteiger partial charge in [0.2, 0.25) is 0 Å². The minimum atomic E-state index is 0.745. The second kappa shape index (κ2) is 5.76. The van der Waals surface area contributed by atoms with Gasteiger partial charge in [-0.2, -0.15) is 0 Å². The van der Waals surface area contributed by atoms with Gasteiger partial charge in [-0.25, -0.2) is 0 Å². The molecular formula is C16H21NO2. The van der Waals surface area contributed by atoms with Gasteiger partial charge in [0.1, 0.15) is 11.3 Å². The molecule has 1 aromatic carbocycles. The Morgan fingerprint density at radius 1 is 1.32 bits per heavy atom. The van der Waals surface area contributed by atoms with Gasteiger partial charge in [-0.1, -0.05) is 18.2 Å². The van der Waals surface area contributed by atoms with Gasteiger partial charge in [-0.15, -0.1) is 0 Å². The van der Waals surface area contributed by atoms with Crippen molar-refractivity contribution >= 4 is 11.0 Å². The van der Waals surface area contributed by atoms with Crippen molar-refractivity contribution in [2.75, 3.05) is 19.8 Å². The third-order valence-electron chi connectivity index (χ3n) is 3.96. The first-order valence-electron chi connectivity index (χ1n) is 7.10. The van der Waals surface area contributed by atoms with Crippen molar-refractivity contribution < 1.29 is 9.15 Å². The molecule has 3 heteroatoms. The molecule has 0 amide bonds. The Hall–Kier alpha value is -1.32. The molecule has 102 valence electrons. The number of benzene rings is 1. The summed E-state index contributed by atoms with van der Waals surface area (Å²) >= 11 is 0. The molecule has 0 aliphatic carbocycles. The molecular weight excluding hydrogens is 238 g/mol. The maximum atomic E-state index is 5.77. The Kier molecular flexibility index (Phi) is 3.85. The van der Waals surface area contributed by atoms with Gasteiger partial charge in [-0.05, 0) is 38.3 Å². The molecule has 3 nitrogen and oxygen atoms in total. The third kappa shape index (κ3) is 2.82. The summed E-state index contributed by atoms with van der Waals surface area (Å²) in [6, 6.07) is 8.24. The van der Waals surface area contributed by atoms with Crippen LogP contribution < -0.4 is 5.32 Å². The van der Waals surface area contributed by atoms with E-state index in [9.17, 15) is 0 Å². The van der Waals surface area contributed by atoms with Crippen molar-refractivity contribution in [2.45, 2.75) is 26.3 Å². The monoisotopic (exact) mass is 259 g/mol. The van der Waals surface area contributed by atoms with Crippen LogP contribution in [0, 0.1) is 12.8 Å². The van der Waals surface area contributed by atoms with E-state index in [1.165, 1.54) is 23.8 Å². The van der Waals surface area contributed by atoms with Crippen LogP contribution in [0.3, 0.4) is 0 Å². The highest BCUT2D eigenvalue weighted by molar-refractivity contribution is 5.82. The van der Waals surface area contributed by atoms with E-state index in [0.29, 0.717) is 0 Å². The van der Waals surface area contributed by atoms with Crippen molar-refractivity contribution in [3.63, 3.8) is 0 Å². The lowest BCUT2D eigenvalue weighted by molar-refractivity contribution is 0.184. The number of para-hydroxylation sites is 1. The van der Waals surface area contributed by atoms with Crippen LogP contribution in [0.1, 0.15) is 24.2 Å². The number of ether oxygens (including phenoxy) is 1. The van der Waals surface area contributed by atoms with Crippen molar-refractivity contribution in [3.8, 4) is 0 Å². The third-order valence-corrected chi connectivity index (χ3v) is 3.96. The van der Waals surface area contributed by atoms with Crippen molar-refractivity contribution in [1.29, 1.82) is 0 Å². The Morgan fingerprint density at radius 3 is 3.05 bits per heavy atom. The smallest absolute Gasteiger partial charge is 0.134 e. The molecule has 2 aromatic rings. The van der Waals surface area contributed by atoms with Crippen LogP contribution in [0.25, 0.3) is 11.0 Å². The lowest BCUT2D eigenvalue weighted by Gasteiger charge is -2.08. The average molecular weight is 259 g/mol. The van der Waals surface area contributed by atoms with E-state index < -0.39 is 0 Å². The van der Waals surface area contributed by atoms with Crippen LogP contribution in [0.2, 0.25) is 0 Å². The van der Waals surface area contributed by atoms with Gasteiger partial charge < -0.3 is 14.5 Å². The molecule has 1 saturated heterocycles. The summed E-state index contributed by atoms with van der Waals surface area (Å²) in [4.78, 5) is 0. The van der Waals surface area contributed by atoms with Crippen molar-refractivity contribution in [3.05, 3.63) is 35.6 Å². The summed E-state index contributed by atoms with van der Waals surface area (Å²) < 4.78 is 11.2. The fourth-order valence-corrected chi connectivity index (χ4v) is 2.77. The van der Waals surface area contributed by atoms with Gasteiger partial charge in [0.05, 0.1) is 0 Å². The second-order valence-corrected chi connectivity index (χ2v) is 5.33. The lowest BCUT2D eigenvalue weighted by atomic mass is 10.1. The molecule has 1 N–H and O–H groups in total. The second-order valence-electron chi connectivity index (χ2n) is 5.33. The first-order valence-corrected chi connectivity index (χ1v) is 7.10. The quantitative estimate of drug-likeness (QED) is 0.837. The van der Waals surface area contributed by atoms with Crippen LogP contribution in [0.15, 0.2) is 28.7 Å². The summed E-state index contributed by atoms with van der Waals surface area (Å²) in [5, 5.41) is 4.77. The van der Waals surface area contributed by atoms with Crippen molar-refractivity contribution in [1.82, 2.24) is 5.32 Å². The molecule has 1 unspecified atom stereocenters. The number of aryl methyl sites for hydroxylation is 1. The largest absolute Gasteiger partial charge is 0.461 e. The SMILES string of the molecule is Cc1oc2ccccc2c1CNCCC1CCOC1. The molecule has 0 radical (unpaired) electrons. The van der Waals surface area contributed by atoms with Gasteiger partial charge in [0.15, 0.2) is 0 Å². The van der Waals surface area contributed by atoms with Crippen LogP contribution >= 0.6 is 0 Å². The standard InChI is InChI=1S/C16H21NO2/c1-12-15(14-4-2-3-5-16(14)19-12)10-17-8-6-13-7-9-18-11-13/h2-5,13,17H,6-11H2,1H3. The summed E-state index contributed by atoms with van der Waals surface area (Å²) in [5.41, 5.74) is 2.28. The molecule has 1 aliphatic rings. The maximum absolute atomic E-state index is 5.77. The summed E-state index contributed by atoms with van der Waals surface area (Å²) in [6.07, 6.45) is 2.42. The van der Waals surface area contributed by atoms with Crippen molar-refractivity contribution in [2.24, 2.45) is 5.92 Å². The number of rotatable bonds is 5. The highest BCUT2D eigenvalue weighted by Crippen LogP contribution is 2.25.